The summed E-state index contributed by atoms with van der Waals surface area (Å²) in [6.45, 7) is 3.22. The Morgan fingerprint density at radius 1 is 1.50 bits per heavy atom. The number of hydrogen-bond acceptors (Lipinski definition) is 3. The van der Waals surface area contributed by atoms with Crippen molar-refractivity contribution in [1.82, 2.24) is 0 Å². The summed E-state index contributed by atoms with van der Waals surface area (Å²) in [7, 11) is 1.93. The Labute approximate surface area is 101 Å². The first-order valence-corrected chi connectivity index (χ1v) is 5.57. The van der Waals surface area contributed by atoms with Gasteiger partial charge in [-0.05, 0) is 25.1 Å². The van der Waals surface area contributed by atoms with Crippen LogP contribution in [0.4, 0.5) is 5.69 Å². The normalized spacial score (nSPS) is 9.62. The largest absolute Gasteiger partial charge is 0.492 e. The molecule has 0 atom stereocenters. The standard InChI is InChI=1S/C12H15ClN2O/c1-3-16-12-6-5-10(9-11(12)13)15(2)8-4-7-14/h5-6,9H,3-4,8H2,1-2H3. The van der Waals surface area contributed by atoms with Gasteiger partial charge in [-0.25, -0.2) is 0 Å². The van der Waals surface area contributed by atoms with Gasteiger partial charge in [0.25, 0.3) is 0 Å². The molecule has 0 aliphatic heterocycles. The van der Waals surface area contributed by atoms with E-state index in [-0.39, 0.29) is 0 Å². The van der Waals surface area contributed by atoms with Gasteiger partial charge in [-0.15, -0.1) is 0 Å². The predicted molar refractivity (Wildman–Crippen MR) is 66.1 cm³/mol. The number of nitriles is 1. The van der Waals surface area contributed by atoms with Crippen LogP contribution < -0.4 is 9.64 Å². The summed E-state index contributed by atoms with van der Waals surface area (Å²) in [5, 5.41) is 9.11. The Morgan fingerprint density at radius 3 is 2.81 bits per heavy atom. The van der Waals surface area contributed by atoms with Crippen LogP contribution in [0.25, 0.3) is 0 Å². The quantitative estimate of drug-likeness (QED) is 0.791. The maximum absolute atomic E-state index is 8.51. The number of benzene rings is 1. The molecular formula is C12H15ClN2O. The second-order valence-corrected chi connectivity index (χ2v) is 3.78. The minimum absolute atomic E-state index is 0.501. The second-order valence-electron chi connectivity index (χ2n) is 3.38. The van der Waals surface area contributed by atoms with E-state index in [0.717, 1.165) is 5.69 Å². The number of rotatable bonds is 5. The van der Waals surface area contributed by atoms with Crippen LogP contribution in [-0.4, -0.2) is 20.2 Å². The highest BCUT2D eigenvalue weighted by molar-refractivity contribution is 6.32. The van der Waals surface area contributed by atoms with Crippen molar-refractivity contribution in [1.29, 1.82) is 5.26 Å². The SMILES string of the molecule is CCOc1ccc(N(C)CCC#N)cc1Cl. The first-order valence-electron chi connectivity index (χ1n) is 5.19. The molecule has 16 heavy (non-hydrogen) atoms. The maximum atomic E-state index is 8.51. The van der Waals surface area contributed by atoms with Crippen molar-refractivity contribution in [2.75, 3.05) is 25.1 Å². The van der Waals surface area contributed by atoms with E-state index >= 15 is 0 Å². The molecule has 0 spiro atoms. The Kier molecular flexibility index (Phi) is 4.94. The third kappa shape index (κ3) is 3.32. The third-order valence-corrected chi connectivity index (χ3v) is 2.51. The van der Waals surface area contributed by atoms with Crippen LogP contribution in [-0.2, 0) is 0 Å². The van der Waals surface area contributed by atoms with E-state index in [1.54, 1.807) is 0 Å². The molecule has 4 heteroatoms. The zero-order valence-corrected chi connectivity index (χ0v) is 10.3. The predicted octanol–water partition coefficient (Wildman–Crippen LogP) is 3.09. The highest BCUT2D eigenvalue weighted by atomic mass is 35.5. The van der Waals surface area contributed by atoms with Crippen LogP contribution in [0.15, 0.2) is 18.2 Å². The van der Waals surface area contributed by atoms with E-state index < -0.39 is 0 Å². The molecule has 1 aromatic rings. The molecule has 0 saturated carbocycles. The smallest absolute Gasteiger partial charge is 0.138 e. The van der Waals surface area contributed by atoms with Crippen LogP contribution in [0.5, 0.6) is 5.75 Å². The fraction of sp³-hybridized carbons (Fsp3) is 0.417. The van der Waals surface area contributed by atoms with E-state index in [2.05, 4.69) is 6.07 Å². The molecule has 0 N–H and O–H groups in total. The summed E-state index contributed by atoms with van der Waals surface area (Å²) >= 11 is 6.07. The molecular weight excluding hydrogens is 224 g/mol. The van der Waals surface area contributed by atoms with E-state index in [9.17, 15) is 0 Å². The topological polar surface area (TPSA) is 36.3 Å². The third-order valence-electron chi connectivity index (χ3n) is 2.22. The summed E-state index contributed by atoms with van der Waals surface area (Å²) in [5.74, 6) is 0.696. The lowest BCUT2D eigenvalue weighted by Crippen LogP contribution is -2.17. The average molecular weight is 239 g/mol. The molecule has 86 valence electrons. The highest BCUT2D eigenvalue weighted by Crippen LogP contribution is 2.29. The van der Waals surface area contributed by atoms with Crippen molar-refractivity contribution in [3.8, 4) is 11.8 Å². The van der Waals surface area contributed by atoms with Gasteiger partial charge in [0, 0.05) is 19.3 Å². The summed E-state index contributed by atoms with van der Waals surface area (Å²) in [4.78, 5) is 1.99. The lowest BCUT2D eigenvalue weighted by molar-refractivity contribution is 0.340. The van der Waals surface area contributed by atoms with Crippen LogP contribution in [0.3, 0.4) is 0 Å². The lowest BCUT2D eigenvalue weighted by atomic mass is 10.2. The van der Waals surface area contributed by atoms with E-state index in [1.807, 2.05) is 37.1 Å². The average Bonchev–Trinajstić information content (AvgIpc) is 2.29. The van der Waals surface area contributed by atoms with E-state index in [4.69, 9.17) is 21.6 Å². The van der Waals surface area contributed by atoms with Gasteiger partial charge in [0.1, 0.15) is 5.75 Å². The van der Waals surface area contributed by atoms with Gasteiger partial charge in [0.15, 0.2) is 0 Å². The summed E-state index contributed by atoms with van der Waals surface area (Å²) < 4.78 is 5.35. The lowest BCUT2D eigenvalue weighted by Gasteiger charge is -2.18. The van der Waals surface area contributed by atoms with Crippen molar-refractivity contribution in [3.05, 3.63) is 23.2 Å². The fourth-order valence-electron chi connectivity index (χ4n) is 1.35. The first kappa shape index (κ1) is 12.7. The number of anilines is 1. The van der Waals surface area contributed by atoms with Crippen molar-refractivity contribution < 1.29 is 4.74 Å². The molecule has 1 rings (SSSR count). The number of hydrogen-bond donors (Lipinski definition) is 0. The zero-order valence-electron chi connectivity index (χ0n) is 9.53. The van der Waals surface area contributed by atoms with Crippen molar-refractivity contribution in [3.63, 3.8) is 0 Å². The minimum Gasteiger partial charge on any atom is -0.492 e. The van der Waals surface area contributed by atoms with Crippen molar-refractivity contribution in [2.45, 2.75) is 13.3 Å². The monoisotopic (exact) mass is 238 g/mol. The molecule has 0 amide bonds. The van der Waals surface area contributed by atoms with Gasteiger partial charge in [0.2, 0.25) is 0 Å². The molecule has 0 aliphatic rings. The molecule has 0 saturated heterocycles. The first-order chi connectivity index (χ1) is 7.69. The van der Waals surface area contributed by atoms with Gasteiger partial charge in [0.05, 0.1) is 24.1 Å². The van der Waals surface area contributed by atoms with Gasteiger partial charge < -0.3 is 9.64 Å². The number of nitrogens with zero attached hydrogens (tertiary/aromatic N) is 2. The summed E-state index contributed by atoms with van der Waals surface area (Å²) in [6, 6.07) is 7.76. The molecule has 0 unspecified atom stereocenters. The Bertz CT molecular complexity index is 387. The van der Waals surface area contributed by atoms with Crippen molar-refractivity contribution >= 4 is 17.3 Å². The Morgan fingerprint density at radius 2 is 2.25 bits per heavy atom. The molecule has 0 aromatic heterocycles. The molecule has 0 fully saturated rings. The fourth-order valence-corrected chi connectivity index (χ4v) is 1.58. The highest BCUT2D eigenvalue weighted by Gasteiger charge is 2.05. The van der Waals surface area contributed by atoms with Gasteiger partial charge in [-0.3, -0.25) is 0 Å². The van der Waals surface area contributed by atoms with E-state index in [1.165, 1.54) is 0 Å². The zero-order chi connectivity index (χ0) is 12.0. The maximum Gasteiger partial charge on any atom is 0.138 e. The number of halogens is 1. The van der Waals surface area contributed by atoms with Gasteiger partial charge in [-0.1, -0.05) is 11.6 Å². The van der Waals surface area contributed by atoms with Crippen LogP contribution >= 0.6 is 11.6 Å². The molecule has 0 heterocycles. The number of ether oxygens (including phenoxy) is 1. The van der Waals surface area contributed by atoms with Crippen LogP contribution in [0.1, 0.15) is 13.3 Å². The minimum atomic E-state index is 0.501. The Hall–Kier alpha value is -1.40. The molecule has 1 aromatic carbocycles. The molecule has 0 bridgehead atoms. The van der Waals surface area contributed by atoms with E-state index in [0.29, 0.717) is 30.3 Å². The Balaban J connectivity index is 2.76. The van der Waals surface area contributed by atoms with Gasteiger partial charge in [-0.2, -0.15) is 5.26 Å². The van der Waals surface area contributed by atoms with Crippen molar-refractivity contribution in [2.24, 2.45) is 0 Å². The summed E-state index contributed by atoms with van der Waals surface area (Å²) in [5.41, 5.74) is 0.990. The molecule has 0 radical (unpaired) electrons. The van der Waals surface area contributed by atoms with Crippen LogP contribution in [0.2, 0.25) is 5.02 Å². The second kappa shape index (κ2) is 6.24. The molecule has 0 aliphatic carbocycles. The summed E-state index contributed by atoms with van der Waals surface area (Å²) in [6.07, 6.45) is 0.501. The molecule has 3 nitrogen and oxygen atoms in total. The van der Waals surface area contributed by atoms with Gasteiger partial charge >= 0.3 is 0 Å². The van der Waals surface area contributed by atoms with Crippen LogP contribution in [0, 0.1) is 11.3 Å².